The molecule has 2 aliphatic rings. The van der Waals surface area contributed by atoms with Crippen LogP contribution in [0.1, 0.15) is 61.1 Å². The van der Waals surface area contributed by atoms with Gasteiger partial charge >= 0.3 is 5.97 Å². The molecule has 1 fully saturated rings. The molecule has 1 aliphatic heterocycles. The molecule has 3 aromatic rings. The summed E-state index contributed by atoms with van der Waals surface area (Å²) in [6.45, 7) is 3.60. The normalized spacial score (nSPS) is 17.1. The summed E-state index contributed by atoms with van der Waals surface area (Å²) < 4.78 is 21.1. The summed E-state index contributed by atoms with van der Waals surface area (Å²) in [4.78, 5) is 15.3. The largest absolute Gasteiger partial charge is 0.485 e. The molecular formula is C28H30FNO3. The van der Waals surface area contributed by atoms with Gasteiger partial charge in [0.25, 0.3) is 0 Å². The van der Waals surface area contributed by atoms with E-state index in [0.29, 0.717) is 18.4 Å². The predicted octanol–water partition coefficient (Wildman–Crippen LogP) is 6.70. The number of carboxylic acids is 1. The average Bonchev–Trinajstić information content (AvgIpc) is 3.68. The fourth-order valence-corrected chi connectivity index (χ4v) is 3.89. The number of aromatic nitrogens is 1. The molecule has 1 saturated carbocycles. The molecule has 5 rings (SSSR count). The first-order valence-electron chi connectivity index (χ1n) is 11.6. The number of aryl methyl sites for hydroxylation is 2. The number of carboxylic acid groups (broad SMARTS) is 1. The Labute approximate surface area is 194 Å². The highest BCUT2D eigenvalue weighted by molar-refractivity contribution is 5.70. The Bertz CT molecular complexity index is 1140. The molecule has 1 aromatic heterocycles. The van der Waals surface area contributed by atoms with E-state index in [4.69, 9.17) is 9.84 Å². The molecule has 0 saturated heterocycles. The minimum Gasteiger partial charge on any atom is -0.485 e. The summed E-state index contributed by atoms with van der Waals surface area (Å²) in [5.41, 5.74) is 5.15. The number of carbonyl (C=O) groups is 1. The van der Waals surface area contributed by atoms with Crippen molar-refractivity contribution in [3.8, 4) is 16.9 Å². The van der Waals surface area contributed by atoms with Crippen molar-refractivity contribution in [3.63, 3.8) is 0 Å². The predicted molar refractivity (Wildman–Crippen MR) is 127 cm³/mol. The van der Waals surface area contributed by atoms with Gasteiger partial charge in [-0.15, -0.1) is 0 Å². The molecule has 172 valence electrons. The second kappa shape index (κ2) is 10.2. The van der Waals surface area contributed by atoms with Crippen molar-refractivity contribution in [2.24, 2.45) is 5.92 Å². The number of pyridine rings is 1. The number of nitrogens with zero attached hydrogens (tertiary/aromatic N) is 1. The van der Waals surface area contributed by atoms with E-state index in [-0.39, 0.29) is 11.9 Å². The lowest BCUT2D eigenvalue weighted by Gasteiger charge is -2.27. The number of aliphatic carboxylic acids is 1. The van der Waals surface area contributed by atoms with Crippen molar-refractivity contribution < 1.29 is 19.0 Å². The van der Waals surface area contributed by atoms with Crippen LogP contribution >= 0.6 is 0 Å². The van der Waals surface area contributed by atoms with E-state index in [1.165, 1.54) is 19.3 Å². The van der Waals surface area contributed by atoms with E-state index in [9.17, 15) is 9.18 Å². The quantitative estimate of drug-likeness (QED) is 0.473. The first-order valence-corrected chi connectivity index (χ1v) is 11.6. The van der Waals surface area contributed by atoms with E-state index in [1.807, 2.05) is 43.3 Å². The molecule has 0 amide bonds. The zero-order chi connectivity index (χ0) is 23.4. The Morgan fingerprint density at radius 2 is 1.88 bits per heavy atom. The number of benzene rings is 2. The van der Waals surface area contributed by atoms with Crippen LogP contribution in [0.25, 0.3) is 11.1 Å². The maximum absolute atomic E-state index is 15.0. The van der Waals surface area contributed by atoms with Gasteiger partial charge in [-0.2, -0.15) is 0 Å². The summed E-state index contributed by atoms with van der Waals surface area (Å²) in [5, 5.41) is 9.15. The number of rotatable bonds is 5. The molecule has 2 unspecified atom stereocenters. The minimum atomic E-state index is -0.821. The molecule has 2 atom stereocenters. The Balaban J connectivity index is 0.000000799. The van der Waals surface area contributed by atoms with Crippen molar-refractivity contribution in [1.82, 2.24) is 4.98 Å². The molecular weight excluding hydrogens is 417 g/mol. The Morgan fingerprint density at radius 3 is 2.55 bits per heavy atom. The van der Waals surface area contributed by atoms with E-state index in [2.05, 4.69) is 4.98 Å². The molecule has 0 bridgehead atoms. The average molecular weight is 448 g/mol. The highest BCUT2D eigenvalue weighted by atomic mass is 19.1. The van der Waals surface area contributed by atoms with Gasteiger partial charge in [0.15, 0.2) is 0 Å². The van der Waals surface area contributed by atoms with Crippen LogP contribution in [0, 0.1) is 18.7 Å². The third kappa shape index (κ3) is 5.98. The summed E-state index contributed by atoms with van der Waals surface area (Å²) in [6, 6.07) is 14.9. The van der Waals surface area contributed by atoms with E-state index < -0.39 is 11.9 Å². The van der Waals surface area contributed by atoms with Crippen LogP contribution in [-0.2, 0) is 17.6 Å². The Morgan fingerprint density at radius 1 is 1.12 bits per heavy atom. The lowest BCUT2D eigenvalue weighted by atomic mass is 9.93. The van der Waals surface area contributed by atoms with E-state index in [0.717, 1.165) is 40.1 Å². The zero-order valence-corrected chi connectivity index (χ0v) is 19.2. The van der Waals surface area contributed by atoms with Crippen molar-refractivity contribution in [1.29, 1.82) is 0 Å². The molecule has 2 aromatic carbocycles. The van der Waals surface area contributed by atoms with Gasteiger partial charge < -0.3 is 9.84 Å². The molecule has 0 spiro atoms. The molecule has 2 heterocycles. The molecule has 1 N–H and O–H groups in total. The van der Waals surface area contributed by atoms with Gasteiger partial charge in [-0.05, 0) is 72.7 Å². The fraction of sp³-hybridized carbons (Fsp3) is 0.357. The van der Waals surface area contributed by atoms with Crippen LogP contribution < -0.4 is 4.74 Å². The molecule has 4 nitrogen and oxygen atoms in total. The SMILES string of the molecule is C1CC1.Cc1cc(-c2ccc(C3CCc4ccc(CC(C)C(=O)O)cc4O3)c(F)c2)ccn1. The standard InChI is InChI=1S/C25H24FNO3.C3H6/c1-15(25(28)29)11-17-3-4-18-6-8-23(30-24(18)13-17)21-7-5-19(14-22(21)26)20-9-10-27-16(2)12-20;1-2-3-1/h3-5,7,9-10,12-15,23H,6,8,11H2,1-2H3,(H,28,29);1-3H2. The first-order chi connectivity index (χ1) is 15.9. The van der Waals surface area contributed by atoms with E-state index in [1.54, 1.807) is 25.3 Å². The summed E-state index contributed by atoms with van der Waals surface area (Å²) in [6.07, 6.45) is 7.78. The number of hydrogen-bond donors (Lipinski definition) is 1. The third-order valence-electron chi connectivity index (χ3n) is 5.97. The van der Waals surface area contributed by atoms with Gasteiger partial charge in [-0.1, -0.05) is 50.5 Å². The maximum Gasteiger partial charge on any atom is 0.306 e. The molecule has 1 aliphatic carbocycles. The number of fused-ring (bicyclic) bond motifs is 1. The number of ether oxygens (including phenoxy) is 1. The van der Waals surface area contributed by atoms with Crippen LogP contribution in [0.15, 0.2) is 54.7 Å². The number of halogens is 1. The Hall–Kier alpha value is -3.21. The molecule has 5 heteroatoms. The van der Waals surface area contributed by atoms with Crippen LogP contribution in [0.2, 0.25) is 0 Å². The summed E-state index contributed by atoms with van der Waals surface area (Å²) >= 11 is 0. The van der Waals surface area contributed by atoms with E-state index >= 15 is 0 Å². The van der Waals surface area contributed by atoms with Gasteiger partial charge in [0, 0.05) is 17.5 Å². The fourth-order valence-electron chi connectivity index (χ4n) is 3.89. The third-order valence-corrected chi connectivity index (χ3v) is 5.97. The van der Waals surface area contributed by atoms with Crippen LogP contribution in [0.3, 0.4) is 0 Å². The second-order valence-corrected chi connectivity index (χ2v) is 9.01. The van der Waals surface area contributed by atoms with Crippen molar-refractivity contribution in [2.45, 2.75) is 58.5 Å². The maximum atomic E-state index is 15.0. The van der Waals surface area contributed by atoms with Gasteiger partial charge in [0.1, 0.15) is 17.7 Å². The minimum absolute atomic E-state index is 0.286. The lowest BCUT2D eigenvalue weighted by molar-refractivity contribution is -0.141. The van der Waals surface area contributed by atoms with Crippen molar-refractivity contribution in [3.05, 3.63) is 82.9 Å². The highest BCUT2D eigenvalue weighted by Gasteiger charge is 2.25. The zero-order valence-electron chi connectivity index (χ0n) is 19.2. The lowest BCUT2D eigenvalue weighted by Crippen LogP contribution is -2.17. The first kappa shape index (κ1) is 23.0. The van der Waals surface area contributed by atoms with Crippen LogP contribution in [-0.4, -0.2) is 16.1 Å². The summed E-state index contributed by atoms with van der Waals surface area (Å²) in [5.74, 6) is -0.858. The van der Waals surface area contributed by atoms with Gasteiger partial charge in [0.05, 0.1) is 5.92 Å². The van der Waals surface area contributed by atoms with Crippen LogP contribution in [0.4, 0.5) is 4.39 Å². The smallest absolute Gasteiger partial charge is 0.306 e. The summed E-state index contributed by atoms with van der Waals surface area (Å²) in [7, 11) is 0. The molecule has 33 heavy (non-hydrogen) atoms. The van der Waals surface area contributed by atoms with Crippen molar-refractivity contribution >= 4 is 5.97 Å². The second-order valence-electron chi connectivity index (χ2n) is 9.01. The monoisotopic (exact) mass is 447 g/mol. The van der Waals surface area contributed by atoms with Gasteiger partial charge in [-0.3, -0.25) is 9.78 Å². The number of hydrogen-bond acceptors (Lipinski definition) is 3. The Kier molecular flexibility index (Phi) is 7.07. The van der Waals surface area contributed by atoms with Gasteiger partial charge in [0.2, 0.25) is 0 Å². The van der Waals surface area contributed by atoms with Gasteiger partial charge in [-0.25, -0.2) is 4.39 Å². The topological polar surface area (TPSA) is 59.4 Å². The van der Waals surface area contributed by atoms with Crippen molar-refractivity contribution in [2.75, 3.05) is 0 Å². The highest BCUT2D eigenvalue weighted by Crippen LogP contribution is 2.37. The van der Waals surface area contributed by atoms with Crippen LogP contribution in [0.5, 0.6) is 5.75 Å². The molecule has 0 radical (unpaired) electrons.